The topological polar surface area (TPSA) is 80.5 Å². The van der Waals surface area contributed by atoms with Gasteiger partial charge in [0.25, 0.3) is 5.91 Å². The first-order valence-corrected chi connectivity index (χ1v) is 5.10. The standard InChI is InChI=1S/C10H14N4O2/c11-13-9-1-2-12-7-8(9)10(15)14-3-5-16-6-4-14/h1-2,7H,3-6,11H2,(H,12,13). The molecule has 0 bridgehead atoms. The maximum Gasteiger partial charge on any atom is 0.257 e. The molecular weight excluding hydrogens is 208 g/mol. The van der Waals surface area contributed by atoms with E-state index in [0.717, 1.165) is 0 Å². The van der Waals surface area contributed by atoms with Crippen LogP contribution in [0.4, 0.5) is 5.69 Å². The Hall–Kier alpha value is -1.66. The van der Waals surface area contributed by atoms with Gasteiger partial charge in [-0.3, -0.25) is 15.6 Å². The van der Waals surface area contributed by atoms with Crippen molar-refractivity contribution in [3.63, 3.8) is 0 Å². The number of morpholine rings is 1. The number of hydrogen-bond acceptors (Lipinski definition) is 5. The van der Waals surface area contributed by atoms with Crippen molar-refractivity contribution in [2.24, 2.45) is 5.84 Å². The molecule has 2 heterocycles. The second kappa shape index (κ2) is 4.91. The van der Waals surface area contributed by atoms with Gasteiger partial charge in [0.15, 0.2) is 0 Å². The van der Waals surface area contributed by atoms with Crippen LogP contribution in [0.25, 0.3) is 0 Å². The maximum absolute atomic E-state index is 12.1. The molecule has 0 aromatic carbocycles. The summed E-state index contributed by atoms with van der Waals surface area (Å²) in [6, 6.07) is 1.67. The molecule has 6 heteroatoms. The third kappa shape index (κ3) is 2.12. The summed E-state index contributed by atoms with van der Waals surface area (Å²) in [5.41, 5.74) is 3.58. The van der Waals surface area contributed by atoms with Gasteiger partial charge in [-0.15, -0.1) is 0 Å². The van der Waals surface area contributed by atoms with Crippen LogP contribution in [0.3, 0.4) is 0 Å². The molecule has 1 aliphatic rings. The van der Waals surface area contributed by atoms with Crippen LogP contribution in [0.5, 0.6) is 0 Å². The van der Waals surface area contributed by atoms with Crippen LogP contribution in [0.15, 0.2) is 18.5 Å². The fraction of sp³-hybridized carbons (Fsp3) is 0.400. The first kappa shape index (κ1) is 10.8. The number of carbonyl (C=O) groups is 1. The molecule has 1 aliphatic heterocycles. The van der Waals surface area contributed by atoms with Crippen LogP contribution in [-0.4, -0.2) is 42.1 Å². The number of amides is 1. The number of carbonyl (C=O) groups excluding carboxylic acids is 1. The van der Waals surface area contributed by atoms with E-state index in [1.807, 2.05) is 0 Å². The lowest BCUT2D eigenvalue weighted by Crippen LogP contribution is -2.41. The van der Waals surface area contributed by atoms with E-state index in [2.05, 4.69) is 10.4 Å². The van der Waals surface area contributed by atoms with Crippen molar-refractivity contribution < 1.29 is 9.53 Å². The number of nitrogen functional groups attached to an aromatic ring is 1. The number of rotatable bonds is 2. The lowest BCUT2D eigenvalue weighted by molar-refractivity contribution is 0.0303. The number of hydrogen-bond donors (Lipinski definition) is 2. The third-order valence-corrected chi connectivity index (χ3v) is 2.51. The van der Waals surface area contributed by atoms with Crippen LogP contribution in [0, 0.1) is 0 Å². The molecule has 1 saturated heterocycles. The monoisotopic (exact) mass is 222 g/mol. The molecular formula is C10H14N4O2. The molecule has 1 aromatic rings. The average Bonchev–Trinajstić information content (AvgIpc) is 2.39. The normalized spacial score (nSPS) is 15.9. The Labute approximate surface area is 93.4 Å². The second-order valence-electron chi connectivity index (χ2n) is 3.47. The number of nitrogens with two attached hydrogens (primary N) is 1. The summed E-state index contributed by atoms with van der Waals surface area (Å²) in [6.45, 7) is 2.38. The number of aromatic nitrogens is 1. The molecule has 1 fully saturated rings. The molecule has 1 aromatic heterocycles. The van der Waals surface area contributed by atoms with Gasteiger partial charge in [0.1, 0.15) is 0 Å². The van der Waals surface area contributed by atoms with Crippen LogP contribution < -0.4 is 11.3 Å². The van der Waals surface area contributed by atoms with E-state index in [0.29, 0.717) is 37.6 Å². The van der Waals surface area contributed by atoms with Crippen molar-refractivity contribution in [1.82, 2.24) is 9.88 Å². The highest BCUT2D eigenvalue weighted by Gasteiger charge is 2.20. The van der Waals surface area contributed by atoms with E-state index in [-0.39, 0.29) is 5.91 Å². The zero-order valence-corrected chi connectivity index (χ0v) is 8.85. The van der Waals surface area contributed by atoms with Crippen LogP contribution in [-0.2, 0) is 4.74 Å². The predicted octanol–water partition coefficient (Wildman–Crippen LogP) is -0.160. The number of nitrogens with one attached hydrogen (secondary N) is 1. The summed E-state index contributed by atoms with van der Waals surface area (Å²) >= 11 is 0. The summed E-state index contributed by atoms with van der Waals surface area (Å²) in [5.74, 6) is 5.28. The average molecular weight is 222 g/mol. The summed E-state index contributed by atoms with van der Waals surface area (Å²) in [6.07, 6.45) is 3.11. The highest BCUT2D eigenvalue weighted by molar-refractivity contribution is 5.99. The quantitative estimate of drug-likeness (QED) is 0.537. The molecule has 0 radical (unpaired) electrons. The smallest absolute Gasteiger partial charge is 0.257 e. The van der Waals surface area contributed by atoms with Crippen LogP contribution >= 0.6 is 0 Å². The van der Waals surface area contributed by atoms with Gasteiger partial charge in [0.2, 0.25) is 0 Å². The zero-order valence-electron chi connectivity index (χ0n) is 8.85. The Kier molecular flexibility index (Phi) is 3.33. The molecule has 0 spiro atoms. The zero-order chi connectivity index (χ0) is 11.4. The number of ether oxygens (including phenoxy) is 1. The van der Waals surface area contributed by atoms with E-state index in [4.69, 9.17) is 10.6 Å². The highest BCUT2D eigenvalue weighted by Crippen LogP contribution is 2.15. The first-order chi connectivity index (χ1) is 7.83. The largest absolute Gasteiger partial charge is 0.378 e. The van der Waals surface area contributed by atoms with Gasteiger partial charge in [0, 0.05) is 25.5 Å². The molecule has 16 heavy (non-hydrogen) atoms. The van der Waals surface area contributed by atoms with E-state index in [1.165, 1.54) is 6.20 Å². The van der Waals surface area contributed by atoms with Crippen molar-refractivity contribution in [3.05, 3.63) is 24.0 Å². The minimum Gasteiger partial charge on any atom is -0.378 e. The number of anilines is 1. The first-order valence-electron chi connectivity index (χ1n) is 5.10. The number of pyridine rings is 1. The van der Waals surface area contributed by atoms with E-state index in [9.17, 15) is 4.79 Å². The fourth-order valence-corrected chi connectivity index (χ4v) is 1.63. The Morgan fingerprint density at radius 2 is 2.25 bits per heavy atom. The minimum absolute atomic E-state index is 0.0654. The SMILES string of the molecule is NNc1ccncc1C(=O)N1CCOCC1. The van der Waals surface area contributed by atoms with E-state index in [1.54, 1.807) is 17.2 Å². The van der Waals surface area contributed by atoms with Gasteiger partial charge >= 0.3 is 0 Å². The minimum atomic E-state index is -0.0654. The molecule has 2 rings (SSSR count). The molecule has 0 unspecified atom stereocenters. The molecule has 3 N–H and O–H groups in total. The number of hydrazine groups is 1. The van der Waals surface area contributed by atoms with Crippen LogP contribution in [0.1, 0.15) is 10.4 Å². The summed E-state index contributed by atoms with van der Waals surface area (Å²) < 4.78 is 5.19. The Bertz CT molecular complexity index is 377. The lowest BCUT2D eigenvalue weighted by atomic mass is 10.2. The van der Waals surface area contributed by atoms with Crippen molar-refractivity contribution >= 4 is 11.6 Å². The van der Waals surface area contributed by atoms with E-state index >= 15 is 0 Å². The molecule has 0 aliphatic carbocycles. The second-order valence-corrected chi connectivity index (χ2v) is 3.47. The molecule has 0 atom stereocenters. The fourth-order valence-electron chi connectivity index (χ4n) is 1.63. The summed E-state index contributed by atoms with van der Waals surface area (Å²) in [7, 11) is 0. The van der Waals surface area contributed by atoms with Crippen molar-refractivity contribution in [2.75, 3.05) is 31.7 Å². The predicted molar refractivity (Wildman–Crippen MR) is 58.8 cm³/mol. The van der Waals surface area contributed by atoms with E-state index < -0.39 is 0 Å². The lowest BCUT2D eigenvalue weighted by Gasteiger charge is -2.27. The molecule has 0 saturated carbocycles. The van der Waals surface area contributed by atoms with Gasteiger partial charge in [-0.2, -0.15) is 0 Å². The van der Waals surface area contributed by atoms with Crippen molar-refractivity contribution in [1.29, 1.82) is 0 Å². The Balaban J connectivity index is 2.19. The molecule has 1 amide bonds. The highest BCUT2D eigenvalue weighted by atomic mass is 16.5. The summed E-state index contributed by atoms with van der Waals surface area (Å²) in [5, 5.41) is 0. The summed E-state index contributed by atoms with van der Waals surface area (Å²) in [4.78, 5) is 17.8. The van der Waals surface area contributed by atoms with Crippen molar-refractivity contribution in [2.45, 2.75) is 0 Å². The molecule has 86 valence electrons. The van der Waals surface area contributed by atoms with Gasteiger partial charge in [-0.1, -0.05) is 0 Å². The van der Waals surface area contributed by atoms with Gasteiger partial charge in [-0.25, -0.2) is 0 Å². The van der Waals surface area contributed by atoms with Crippen molar-refractivity contribution in [3.8, 4) is 0 Å². The maximum atomic E-state index is 12.1. The van der Waals surface area contributed by atoms with Gasteiger partial charge in [0.05, 0.1) is 24.5 Å². The molecule has 6 nitrogen and oxygen atoms in total. The van der Waals surface area contributed by atoms with Gasteiger partial charge < -0.3 is 15.1 Å². The van der Waals surface area contributed by atoms with Crippen LogP contribution in [0.2, 0.25) is 0 Å². The Morgan fingerprint density at radius 1 is 1.50 bits per heavy atom. The number of nitrogens with zero attached hydrogens (tertiary/aromatic N) is 2. The Morgan fingerprint density at radius 3 is 2.94 bits per heavy atom. The van der Waals surface area contributed by atoms with Gasteiger partial charge in [-0.05, 0) is 6.07 Å². The third-order valence-electron chi connectivity index (χ3n) is 2.51.